The average Bonchev–Trinajstić information content (AvgIpc) is 3.14. The normalized spacial score (nSPS) is 11.6. The van der Waals surface area contributed by atoms with Gasteiger partial charge in [0.05, 0.1) is 18.7 Å². The zero-order valence-electron chi connectivity index (χ0n) is 18.4. The van der Waals surface area contributed by atoms with E-state index in [0.29, 0.717) is 47.2 Å². The van der Waals surface area contributed by atoms with Crippen LogP contribution in [0.2, 0.25) is 0 Å². The number of rotatable bonds is 9. The van der Waals surface area contributed by atoms with Gasteiger partial charge in [-0.2, -0.15) is 0 Å². The van der Waals surface area contributed by atoms with E-state index in [-0.39, 0.29) is 18.1 Å². The van der Waals surface area contributed by atoms with Crippen molar-refractivity contribution in [3.8, 4) is 23.0 Å². The topological polar surface area (TPSA) is 81.8 Å². The van der Waals surface area contributed by atoms with Crippen molar-refractivity contribution in [1.29, 1.82) is 0 Å². The zero-order chi connectivity index (χ0) is 24.2. The van der Waals surface area contributed by atoms with Gasteiger partial charge in [0.25, 0.3) is 0 Å². The van der Waals surface area contributed by atoms with Crippen molar-refractivity contribution in [3.05, 3.63) is 65.0 Å². The van der Waals surface area contributed by atoms with Crippen molar-refractivity contribution in [2.24, 2.45) is 0 Å². The van der Waals surface area contributed by atoms with Crippen LogP contribution in [-0.4, -0.2) is 29.0 Å². The molecular weight excluding hydrogens is 439 g/mol. The first kappa shape index (κ1) is 24.2. The van der Waals surface area contributed by atoms with E-state index in [0.717, 1.165) is 5.56 Å². The first-order valence-corrected chi connectivity index (χ1v) is 10.3. The zero-order valence-corrected chi connectivity index (χ0v) is 18.4. The van der Waals surface area contributed by atoms with Crippen LogP contribution in [0.25, 0.3) is 11.5 Å². The molecular formula is C24H24F3NO5. The van der Waals surface area contributed by atoms with E-state index < -0.39 is 12.3 Å². The Morgan fingerprint density at radius 1 is 1.15 bits per heavy atom. The number of benzene rings is 2. The van der Waals surface area contributed by atoms with Crippen molar-refractivity contribution >= 4 is 5.97 Å². The highest BCUT2D eigenvalue weighted by atomic mass is 19.4. The molecule has 176 valence electrons. The third kappa shape index (κ3) is 6.74. The van der Waals surface area contributed by atoms with Crippen molar-refractivity contribution < 1.29 is 37.0 Å². The van der Waals surface area contributed by atoms with Crippen LogP contribution in [-0.2, 0) is 17.6 Å². The molecule has 33 heavy (non-hydrogen) atoms. The maximum Gasteiger partial charge on any atom is 0.573 e. The van der Waals surface area contributed by atoms with Crippen molar-refractivity contribution in [3.63, 3.8) is 0 Å². The summed E-state index contributed by atoms with van der Waals surface area (Å²) >= 11 is 0. The minimum Gasteiger partial charge on any atom is -0.493 e. The number of alkyl halides is 3. The number of carboxylic acids is 1. The van der Waals surface area contributed by atoms with Gasteiger partial charge in [-0.05, 0) is 48.4 Å². The summed E-state index contributed by atoms with van der Waals surface area (Å²) in [5.74, 6) is 0.363. The van der Waals surface area contributed by atoms with Gasteiger partial charge >= 0.3 is 12.3 Å². The molecule has 2 aromatic carbocycles. The Balaban J connectivity index is 1.72. The van der Waals surface area contributed by atoms with Gasteiger partial charge in [0, 0.05) is 17.9 Å². The predicted octanol–water partition coefficient (Wildman–Crippen LogP) is 5.92. The second kappa shape index (κ2) is 9.97. The molecule has 0 amide bonds. The molecule has 0 fully saturated rings. The molecule has 1 heterocycles. The molecule has 1 N–H and O–H groups in total. The smallest absolute Gasteiger partial charge is 0.493 e. The van der Waals surface area contributed by atoms with Crippen LogP contribution < -0.4 is 9.47 Å². The SMILES string of the molecule is Cc1ccc(CC(=O)O)cc1OCCc1nc(-c2ccc(OC(F)(F)F)cc2)oc1C(C)C. The molecule has 1 aromatic heterocycles. The molecule has 0 aliphatic rings. The lowest BCUT2D eigenvalue weighted by atomic mass is 10.1. The molecule has 0 bridgehead atoms. The van der Waals surface area contributed by atoms with E-state index in [1.807, 2.05) is 26.8 Å². The van der Waals surface area contributed by atoms with Gasteiger partial charge in [0.2, 0.25) is 5.89 Å². The molecule has 0 atom stereocenters. The fraction of sp³-hybridized carbons (Fsp3) is 0.333. The fourth-order valence-corrected chi connectivity index (χ4v) is 3.26. The number of aromatic nitrogens is 1. The number of ether oxygens (including phenoxy) is 2. The molecule has 0 spiro atoms. The lowest BCUT2D eigenvalue weighted by Crippen LogP contribution is -2.16. The highest BCUT2D eigenvalue weighted by Crippen LogP contribution is 2.30. The van der Waals surface area contributed by atoms with Gasteiger partial charge in [0.1, 0.15) is 17.3 Å². The highest BCUT2D eigenvalue weighted by Gasteiger charge is 2.31. The minimum atomic E-state index is -4.76. The van der Waals surface area contributed by atoms with E-state index in [1.54, 1.807) is 12.1 Å². The number of carboxylic acid groups (broad SMARTS) is 1. The number of oxazole rings is 1. The van der Waals surface area contributed by atoms with E-state index in [9.17, 15) is 18.0 Å². The number of carbonyl (C=O) groups is 1. The monoisotopic (exact) mass is 463 g/mol. The van der Waals surface area contributed by atoms with Gasteiger partial charge in [-0.1, -0.05) is 26.0 Å². The molecule has 0 saturated heterocycles. The van der Waals surface area contributed by atoms with Crippen molar-refractivity contribution in [2.45, 2.75) is 45.9 Å². The number of aryl methyl sites for hydroxylation is 1. The third-order valence-electron chi connectivity index (χ3n) is 4.79. The van der Waals surface area contributed by atoms with E-state index >= 15 is 0 Å². The van der Waals surface area contributed by atoms with Crippen LogP contribution in [0, 0.1) is 6.92 Å². The maximum absolute atomic E-state index is 12.4. The largest absolute Gasteiger partial charge is 0.573 e. The molecule has 6 nitrogen and oxygen atoms in total. The van der Waals surface area contributed by atoms with E-state index in [2.05, 4.69) is 9.72 Å². The quantitative estimate of drug-likeness (QED) is 0.424. The summed E-state index contributed by atoms with van der Waals surface area (Å²) < 4.78 is 52.8. The Kier molecular flexibility index (Phi) is 7.30. The standard InChI is InChI=1S/C24H24F3NO5/c1-14(2)22-19(10-11-31-20-12-16(13-21(29)30)5-4-15(20)3)28-23(32-22)17-6-8-18(9-7-17)33-24(25,26)27/h4-9,12,14H,10-11,13H2,1-3H3,(H,29,30). The van der Waals surface area contributed by atoms with Crippen molar-refractivity contribution in [1.82, 2.24) is 4.98 Å². The van der Waals surface area contributed by atoms with Crippen LogP contribution in [0.15, 0.2) is 46.9 Å². The van der Waals surface area contributed by atoms with Crippen LogP contribution in [0.5, 0.6) is 11.5 Å². The Hall–Kier alpha value is -3.49. The fourth-order valence-electron chi connectivity index (χ4n) is 3.26. The number of hydrogen-bond acceptors (Lipinski definition) is 5. The Labute approximate surface area is 189 Å². The van der Waals surface area contributed by atoms with Crippen molar-refractivity contribution in [2.75, 3.05) is 6.61 Å². The van der Waals surface area contributed by atoms with E-state index in [1.165, 1.54) is 24.3 Å². The summed E-state index contributed by atoms with van der Waals surface area (Å²) in [6, 6.07) is 10.6. The second-order valence-corrected chi connectivity index (χ2v) is 7.83. The summed E-state index contributed by atoms with van der Waals surface area (Å²) in [5.41, 5.74) is 2.74. The minimum absolute atomic E-state index is 0.0368. The van der Waals surface area contributed by atoms with Crippen LogP contribution in [0.4, 0.5) is 13.2 Å². The summed E-state index contributed by atoms with van der Waals surface area (Å²) in [5, 5.41) is 8.98. The number of aliphatic carboxylic acids is 1. The number of halogens is 3. The first-order chi connectivity index (χ1) is 15.5. The molecule has 0 aliphatic heterocycles. The Morgan fingerprint density at radius 3 is 2.45 bits per heavy atom. The Bertz CT molecular complexity index is 1100. The molecule has 9 heteroatoms. The predicted molar refractivity (Wildman–Crippen MR) is 114 cm³/mol. The highest BCUT2D eigenvalue weighted by molar-refractivity contribution is 5.70. The first-order valence-electron chi connectivity index (χ1n) is 10.3. The molecule has 0 saturated carbocycles. The van der Waals surface area contributed by atoms with Crippen LogP contribution in [0.1, 0.15) is 42.3 Å². The summed E-state index contributed by atoms with van der Waals surface area (Å²) in [6.45, 7) is 6.07. The lowest BCUT2D eigenvalue weighted by Gasteiger charge is -2.10. The third-order valence-corrected chi connectivity index (χ3v) is 4.79. The second-order valence-electron chi connectivity index (χ2n) is 7.83. The summed E-state index contributed by atoms with van der Waals surface area (Å²) in [6.07, 6.45) is -4.41. The molecule has 0 radical (unpaired) electrons. The van der Waals surface area contributed by atoms with E-state index in [4.69, 9.17) is 14.3 Å². The number of hydrogen-bond donors (Lipinski definition) is 1. The lowest BCUT2D eigenvalue weighted by molar-refractivity contribution is -0.274. The maximum atomic E-state index is 12.4. The molecule has 0 unspecified atom stereocenters. The van der Waals surface area contributed by atoms with Gasteiger partial charge in [-0.3, -0.25) is 4.79 Å². The Morgan fingerprint density at radius 2 is 1.85 bits per heavy atom. The van der Waals surface area contributed by atoms with Crippen LogP contribution >= 0.6 is 0 Å². The van der Waals surface area contributed by atoms with Gasteiger partial charge in [-0.25, -0.2) is 4.98 Å². The van der Waals surface area contributed by atoms with Crippen LogP contribution in [0.3, 0.4) is 0 Å². The average molecular weight is 463 g/mol. The van der Waals surface area contributed by atoms with Gasteiger partial charge < -0.3 is 19.0 Å². The summed E-state index contributed by atoms with van der Waals surface area (Å²) in [7, 11) is 0. The number of nitrogens with zero attached hydrogens (tertiary/aromatic N) is 1. The molecule has 3 rings (SSSR count). The van der Waals surface area contributed by atoms with Gasteiger partial charge in [-0.15, -0.1) is 13.2 Å². The van der Waals surface area contributed by atoms with Gasteiger partial charge in [0.15, 0.2) is 0 Å². The molecule has 0 aliphatic carbocycles. The molecule has 3 aromatic rings. The summed E-state index contributed by atoms with van der Waals surface area (Å²) in [4.78, 5) is 15.5.